The molecule has 3 heteroatoms. The Morgan fingerprint density at radius 1 is 1.17 bits per heavy atom. The number of rotatable bonds is 6. The molecule has 0 saturated heterocycles. The number of hydrogen-bond donors (Lipinski definition) is 1. The van der Waals surface area contributed by atoms with E-state index in [1.165, 1.54) is 16.8 Å². The number of aryl methyl sites for hydroxylation is 1. The van der Waals surface area contributed by atoms with Crippen molar-refractivity contribution in [2.75, 3.05) is 6.54 Å². The normalized spacial score (nSPS) is 10.8. The van der Waals surface area contributed by atoms with E-state index in [9.17, 15) is 0 Å². The van der Waals surface area contributed by atoms with Crippen LogP contribution < -0.4 is 5.32 Å². The van der Waals surface area contributed by atoms with Crippen LogP contribution in [0.15, 0.2) is 36.5 Å². The standard InChI is InChI=1S/C15H21N3/c1-3-9-16-11-15-8-10-17-18(15)12-14-6-4-13(2)5-7-14/h4-8,10,16H,3,9,11-12H2,1-2H3. The van der Waals surface area contributed by atoms with Gasteiger partial charge < -0.3 is 5.32 Å². The first-order valence-corrected chi connectivity index (χ1v) is 6.56. The van der Waals surface area contributed by atoms with E-state index < -0.39 is 0 Å². The van der Waals surface area contributed by atoms with E-state index in [2.05, 4.69) is 59.3 Å². The average Bonchev–Trinajstić information content (AvgIpc) is 2.80. The van der Waals surface area contributed by atoms with Gasteiger partial charge in [0.05, 0.1) is 12.2 Å². The maximum Gasteiger partial charge on any atom is 0.0663 e. The molecule has 0 aliphatic carbocycles. The minimum Gasteiger partial charge on any atom is -0.311 e. The average molecular weight is 243 g/mol. The van der Waals surface area contributed by atoms with Crippen molar-refractivity contribution in [2.45, 2.75) is 33.4 Å². The van der Waals surface area contributed by atoms with Crippen LogP contribution in [0.5, 0.6) is 0 Å². The third kappa shape index (κ3) is 3.44. The van der Waals surface area contributed by atoms with Gasteiger partial charge >= 0.3 is 0 Å². The van der Waals surface area contributed by atoms with Crippen LogP contribution in [-0.2, 0) is 13.1 Å². The van der Waals surface area contributed by atoms with Crippen LogP contribution in [0.4, 0.5) is 0 Å². The summed E-state index contributed by atoms with van der Waals surface area (Å²) in [6.07, 6.45) is 3.03. The fourth-order valence-corrected chi connectivity index (χ4v) is 1.91. The topological polar surface area (TPSA) is 29.9 Å². The highest BCUT2D eigenvalue weighted by Crippen LogP contribution is 2.07. The Morgan fingerprint density at radius 2 is 1.94 bits per heavy atom. The van der Waals surface area contributed by atoms with Crippen molar-refractivity contribution in [3.8, 4) is 0 Å². The van der Waals surface area contributed by atoms with Crippen LogP contribution in [0.25, 0.3) is 0 Å². The van der Waals surface area contributed by atoms with Crippen LogP contribution in [0.1, 0.15) is 30.2 Å². The summed E-state index contributed by atoms with van der Waals surface area (Å²) in [6, 6.07) is 10.7. The van der Waals surface area contributed by atoms with Gasteiger partial charge in [-0.3, -0.25) is 4.68 Å². The quantitative estimate of drug-likeness (QED) is 0.791. The molecule has 0 fully saturated rings. The summed E-state index contributed by atoms with van der Waals surface area (Å²) in [5, 5.41) is 7.80. The Hall–Kier alpha value is -1.61. The summed E-state index contributed by atoms with van der Waals surface area (Å²) in [5.74, 6) is 0. The van der Waals surface area contributed by atoms with Gasteiger partial charge in [0.15, 0.2) is 0 Å². The molecule has 0 aliphatic heterocycles. The highest BCUT2D eigenvalue weighted by molar-refractivity contribution is 5.21. The van der Waals surface area contributed by atoms with Crippen molar-refractivity contribution < 1.29 is 0 Å². The molecule has 96 valence electrons. The summed E-state index contributed by atoms with van der Waals surface area (Å²) >= 11 is 0. The van der Waals surface area contributed by atoms with Crippen LogP contribution >= 0.6 is 0 Å². The zero-order chi connectivity index (χ0) is 12.8. The van der Waals surface area contributed by atoms with E-state index in [4.69, 9.17) is 0 Å². The molecule has 0 saturated carbocycles. The SMILES string of the molecule is CCCNCc1ccnn1Cc1ccc(C)cc1. The smallest absolute Gasteiger partial charge is 0.0663 e. The fourth-order valence-electron chi connectivity index (χ4n) is 1.91. The van der Waals surface area contributed by atoms with Crippen LogP contribution in [0, 0.1) is 6.92 Å². The van der Waals surface area contributed by atoms with Crippen molar-refractivity contribution in [3.05, 3.63) is 53.3 Å². The number of nitrogens with one attached hydrogen (secondary N) is 1. The first-order chi connectivity index (χ1) is 8.79. The highest BCUT2D eigenvalue weighted by Gasteiger charge is 2.02. The summed E-state index contributed by atoms with van der Waals surface area (Å²) in [6.45, 7) is 7.07. The van der Waals surface area contributed by atoms with E-state index in [1.54, 1.807) is 0 Å². The lowest BCUT2D eigenvalue weighted by Crippen LogP contribution is -2.17. The lowest BCUT2D eigenvalue weighted by Gasteiger charge is -2.08. The van der Waals surface area contributed by atoms with Gasteiger partial charge in [-0.1, -0.05) is 36.8 Å². The first-order valence-electron chi connectivity index (χ1n) is 6.56. The number of hydrogen-bond acceptors (Lipinski definition) is 2. The lowest BCUT2D eigenvalue weighted by molar-refractivity contribution is 0.592. The van der Waals surface area contributed by atoms with E-state index in [0.717, 1.165) is 26.1 Å². The molecule has 1 heterocycles. The predicted octanol–water partition coefficient (Wildman–Crippen LogP) is 2.74. The fraction of sp³-hybridized carbons (Fsp3) is 0.400. The van der Waals surface area contributed by atoms with Gasteiger partial charge in [-0.2, -0.15) is 5.10 Å². The van der Waals surface area contributed by atoms with Gasteiger partial charge in [-0.25, -0.2) is 0 Å². The third-order valence-corrected chi connectivity index (χ3v) is 2.99. The molecule has 1 N–H and O–H groups in total. The highest BCUT2D eigenvalue weighted by atomic mass is 15.3. The van der Waals surface area contributed by atoms with Crippen LogP contribution in [-0.4, -0.2) is 16.3 Å². The lowest BCUT2D eigenvalue weighted by atomic mass is 10.1. The van der Waals surface area contributed by atoms with Crippen molar-refractivity contribution in [2.24, 2.45) is 0 Å². The monoisotopic (exact) mass is 243 g/mol. The molecule has 0 radical (unpaired) electrons. The van der Waals surface area contributed by atoms with E-state index in [0.29, 0.717) is 0 Å². The van der Waals surface area contributed by atoms with Gasteiger partial charge in [0.1, 0.15) is 0 Å². The second-order valence-corrected chi connectivity index (χ2v) is 4.64. The number of benzene rings is 1. The zero-order valence-electron chi connectivity index (χ0n) is 11.2. The summed E-state index contributed by atoms with van der Waals surface area (Å²) in [7, 11) is 0. The van der Waals surface area contributed by atoms with Gasteiger partial charge in [0, 0.05) is 12.7 Å². The van der Waals surface area contributed by atoms with Crippen molar-refractivity contribution >= 4 is 0 Å². The Labute approximate surface area is 109 Å². The predicted molar refractivity (Wildman–Crippen MR) is 74.5 cm³/mol. The van der Waals surface area contributed by atoms with E-state index in [-0.39, 0.29) is 0 Å². The van der Waals surface area contributed by atoms with Gasteiger partial charge in [0.25, 0.3) is 0 Å². The van der Waals surface area contributed by atoms with Crippen molar-refractivity contribution in [1.29, 1.82) is 0 Å². The third-order valence-electron chi connectivity index (χ3n) is 2.99. The Morgan fingerprint density at radius 3 is 2.67 bits per heavy atom. The van der Waals surface area contributed by atoms with Gasteiger partial charge in [-0.15, -0.1) is 0 Å². The molecule has 0 atom stereocenters. The molecular formula is C15H21N3. The molecule has 0 unspecified atom stereocenters. The summed E-state index contributed by atoms with van der Waals surface area (Å²) < 4.78 is 2.06. The molecule has 2 aromatic rings. The summed E-state index contributed by atoms with van der Waals surface area (Å²) in [4.78, 5) is 0. The largest absolute Gasteiger partial charge is 0.311 e. The molecule has 3 nitrogen and oxygen atoms in total. The van der Waals surface area contributed by atoms with Crippen LogP contribution in [0.2, 0.25) is 0 Å². The first kappa shape index (κ1) is 12.8. The van der Waals surface area contributed by atoms with Crippen molar-refractivity contribution in [1.82, 2.24) is 15.1 Å². The second kappa shape index (κ2) is 6.36. The molecule has 18 heavy (non-hydrogen) atoms. The summed E-state index contributed by atoms with van der Waals surface area (Å²) in [5.41, 5.74) is 3.83. The molecule has 2 rings (SSSR count). The van der Waals surface area contributed by atoms with E-state index in [1.807, 2.05) is 6.20 Å². The zero-order valence-corrected chi connectivity index (χ0v) is 11.2. The van der Waals surface area contributed by atoms with E-state index >= 15 is 0 Å². The molecule has 0 spiro atoms. The Bertz CT molecular complexity index is 471. The maximum absolute atomic E-state index is 4.39. The molecule has 0 bridgehead atoms. The Kier molecular flexibility index (Phi) is 4.53. The molecule has 0 aliphatic rings. The minimum atomic E-state index is 0.844. The Balaban J connectivity index is 2.00. The molecule has 1 aromatic heterocycles. The molecule has 1 aromatic carbocycles. The molecule has 0 amide bonds. The number of aromatic nitrogens is 2. The van der Waals surface area contributed by atoms with Crippen molar-refractivity contribution in [3.63, 3.8) is 0 Å². The van der Waals surface area contributed by atoms with Crippen LogP contribution in [0.3, 0.4) is 0 Å². The second-order valence-electron chi connectivity index (χ2n) is 4.64. The number of nitrogens with zero attached hydrogens (tertiary/aromatic N) is 2. The van der Waals surface area contributed by atoms with Gasteiger partial charge in [0.2, 0.25) is 0 Å². The molecular weight excluding hydrogens is 222 g/mol. The maximum atomic E-state index is 4.39. The van der Waals surface area contributed by atoms with Gasteiger partial charge in [-0.05, 0) is 31.5 Å². The minimum absolute atomic E-state index is 0.844.